The Balaban J connectivity index is 2.74. The largest absolute Gasteiger partial charge is 0.465 e. The SMILES string of the molecule is COC(=O)c1c[nH]c2c(Br)cc(Cl)cc12. The number of hydrogen-bond donors (Lipinski definition) is 1. The van der Waals surface area contributed by atoms with Crippen molar-refractivity contribution in [1.29, 1.82) is 0 Å². The first-order valence-electron chi connectivity index (χ1n) is 4.18. The summed E-state index contributed by atoms with van der Waals surface area (Å²) in [7, 11) is 1.35. The summed E-state index contributed by atoms with van der Waals surface area (Å²) in [6.45, 7) is 0. The predicted octanol–water partition coefficient (Wildman–Crippen LogP) is 3.37. The molecule has 0 aliphatic heterocycles. The van der Waals surface area contributed by atoms with Crippen LogP contribution in [0.1, 0.15) is 10.4 Å². The van der Waals surface area contributed by atoms with Gasteiger partial charge in [0.05, 0.1) is 18.2 Å². The topological polar surface area (TPSA) is 42.1 Å². The second-order valence-electron chi connectivity index (χ2n) is 3.00. The molecular weight excluding hydrogens is 281 g/mol. The van der Waals surface area contributed by atoms with Gasteiger partial charge in [-0.15, -0.1) is 0 Å². The minimum atomic E-state index is -0.379. The molecular formula is C10H7BrClNO2. The molecule has 3 nitrogen and oxygen atoms in total. The molecule has 0 radical (unpaired) electrons. The summed E-state index contributed by atoms with van der Waals surface area (Å²) in [6, 6.07) is 3.49. The minimum Gasteiger partial charge on any atom is -0.465 e. The van der Waals surface area contributed by atoms with Crippen molar-refractivity contribution in [3.63, 3.8) is 0 Å². The number of nitrogens with one attached hydrogen (secondary N) is 1. The van der Waals surface area contributed by atoms with Crippen LogP contribution in [0.15, 0.2) is 22.8 Å². The molecule has 0 unspecified atom stereocenters. The van der Waals surface area contributed by atoms with Crippen LogP contribution in [0.2, 0.25) is 5.02 Å². The fraction of sp³-hybridized carbons (Fsp3) is 0.100. The molecule has 5 heteroatoms. The lowest BCUT2D eigenvalue weighted by molar-refractivity contribution is 0.0603. The average Bonchev–Trinajstić information content (AvgIpc) is 2.60. The summed E-state index contributed by atoms with van der Waals surface area (Å²) in [6.07, 6.45) is 1.61. The predicted molar refractivity (Wildman–Crippen MR) is 62.3 cm³/mol. The summed E-state index contributed by atoms with van der Waals surface area (Å²) in [5.41, 5.74) is 1.32. The van der Waals surface area contributed by atoms with Gasteiger partial charge in [0, 0.05) is 21.1 Å². The van der Waals surface area contributed by atoms with Gasteiger partial charge in [0.2, 0.25) is 0 Å². The molecule has 0 aliphatic rings. The van der Waals surface area contributed by atoms with E-state index in [1.54, 1.807) is 18.3 Å². The number of fused-ring (bicyclic) bond motifs is 1. The maximum atomic E-state index is 11.4. The zero-order valence-corrected chi connectivity index (χ0v) is 10.1. The van der Waals surface area contributed by atoms with Gasteiger partial charge in [-0.1, -0.05) is 11.6 Å². The Morgan fingerprint density at radius 1 is 1.53 bits per heavy atom. The highest BCUT2D eigenvalue weighted by molar-refractivity contribution is 9.10. The van der Waals surface area contributed by atoms with Gasteiger partial charge < -0.3 is 9.72 Å². The number of hydrogen-bond acceptors (Lipinski definition) is 2. The maximum absolute atomic E-state index is 11.4. The molecule has 0 bridgehead atoms. The number of esters is 1. The van der Waals surface area contributed by atoms with Gasteiger partial charge >= 0.3 is 5.97 Å². The van der Waals surface area contributed by atoms with Crippen LogP contribution in [0.5, 0.6) is 0 Å². The number of aromatic nitrogens is 1. The van der Waals surface area contributed by atoms with Gasteiger partial charge in [0.25, 0.3) is 0 Å². The molecule has 0 aliphatic carbocycles. The third-order valence-electron chi connectivity index (χ3n) is 2.11. The molecule has 1 heterocycles. The molecule has 1 N–H and O–H groups in total. The third kappa shape index (κ3) is 1.75. The number of halogens is 2. The number of aromatic amines is 1. The molecule has 0 saturated carbocycles. The van der Waals surface area contributed by atoms with Crippen LogP contribution in [0.4, 0.5) is 0 Å². The standard InChI is InChI=1S/C10H7BrClNO2/c1-15-10(14)7-4-13-9-6(7)2-5(12)3-8(9)11/h2-4,13H,1H3. The average molecular weight is 289 g/mol. The monoisotopic (exact) mass is 287 g/mol. The third-order valence-corrected chi connectivity index (χ3v) is 2.95. The van der Waals surface area contributed by atoms with Crippen molar-refractivity contribution in [3.8, 4) is 0 Å². The van der Waals surface area contributed by atoms with E-state index in [1.165, 1.54) is 7.11 Å². The lowest BCUT2D eigenvalue weighted by Gasteiger charge is -1.99. The van der Waals surface area contributed by atoms with E-state index in [0.29, 0.717) is 10.6 Å². The van der Waals surface area contributed by atoms with Crippen molar-refractivity contribution in [1.82, 2.24) is 4.98 Å². The summed E-state index contributed by atoms with van der Waals surface area (Å²) >= 11 is 9.27. The van der Waals surface area contributed by atoms with E-state index in [4.69, 9.17) is 11.6 Å². The molecule has 0 saturated heterocycles. The normalized spacial score (nSPS) is 10.6. The highest BCUT2D eigenvalue weighted by Gasteiger charge is 2.14. The van der Waals surface area contributed by atoms with Crippen molar-refractivity contribution in [2.24, 2.45) is 0 Å². The van der Waals surface area contributed by atoms with E-state index in [2.05, 4.69) is 25.7 Å². The Bertz CT molecular complexity index is 535. The number of rotatable bonds is 1. The van der Waals surface area contributed by atoms with Crippen molar-refractivity contribution in [2.45, 2.75) is 0 Å². The number of H-pyrrole nitrogens is 1. The Hall–Kier alpha value is -1.00. The molecule has 1 aromatic heterocycles. The van der Waals surface area contributed by atoms with E-state index in [0.717, 1.165) is 15.4 Å². The molecule has 1 aromatic carbocycles. The fourth-order valence-electron chi connectivity index (χ4n) is 1.43. The zero-order chi connectivity index (χ0) is 11.0. The Kier molecular flexibility index (Phi) is 2.71. The molecule has 2 aromatic rings. The van der Waals surface area contributed by atoms with Crippen LogP contribution in [-0.4, -0.2) is 18.1 Å². The smallest absolute Gasteiger partial charge is 0.340 e. The van der Waals surface area contributed by atoms with Crippen LogP contribution >= 0.6 is 27.5 Å². The van der Waals surface area contributed by atoms with E-state index >= 15 is 0 Å². The number of ether oxygens (including phenoxy) is 1. The molecule has 0 spiro atoms. The molecule has 2 rings (SSSR count). The second-order valence-corrected chi connectivity index (χ2v) is 4.29. The number of benzene rings is 1. The first kappa shape index (κ1) is 10.5. The zero-order valence-electron chi connectivity index (χ0n) is 7.80. The van der Waals surface area contributed by atoms with E-state index in [1.807, 2.05) is 0 Å². The van der Waals surface area contributed by atoms with Crippen LogP contribution in [-0.2, 0) is 4.74 Å². The van der Waals surface area contributed by atoms with E-state index < -0.39 is 0 Å². The van der Waals surface area contributed by atoms with Gasteiger partial charge in [-0.2, -0.15) is 0 Å². The van der Waals surface area contributed by atoms with Crippen molar-refractivity contribution >= 4 is 44.4 Å². The lowest BCUT2D eigenvalue weighted by Crippen LogP contribution is -1.99. The van der Waals surface area contributed by atoms with Crippen molar-refractivity contribution in [2.75, 3.05) is 7.11 Å². The summed E-state index contributed by atoms with van der Waals surface area (Å²) < 4.78 is 5.48. The van der Waals surface area contributed by atoms with E-state index in [-0.39, 0.29) is 5.97 Å². The maximum Gasteiger partial charge on any atom is 0.340 e. The molecule has 0 amide bonds. The van der Waals surface area contributed by atoms with Crippen LogP contribution < -0.4 is 0 Å². The summed E-state index contributed by atoms with van der Waals surface area (Å²) in [5, 5.41) is 1.32. The van der Waals surface area contributed by atoms with Gasteiger partial charge in [-0.05, 0) is 28.1 Å². The quantitative estimate of drug-likeness (QED) is 0.818. The second kappa shape index (κ2) is 3.87. The highest BCUT2D eigenvalue weighted by atomic mass is 79.9. The summed E-state index contributed by atoms with van der Waals surface area (Å²) in [5.74, 6) is -0.379. The Morgan fingerprint density at radius 3 is 2.93 bits per heavy atom. The van der Waals surface area contributed by atoms with Crippen LogP contribution in [0.3, 0.4) is 0 Å². The molecule has 78 valence electrons. The Labute approximate surface area is 99.5 Å². The van der Waals surface area contributed by atoms with Crippen LogP contribution in [0, 0.1) is 0 Å². The van der Waals surface area contributed by atoms with Crippen molar-refractivity contribution in [3.05, 3.63) is 33.4 Å². The number of carbonyl (C=O) groups is 1. The van der Waals surface area contributed by atoms with Crippen LogP contribution in [0.25, 0.3) is 10.9 Å². The number of methoxy groups -OCH3 is 1. The van der Waals surface area contributed by atoms with Crippen molar-refractivity contribution < 1.29 is 9.53 Å². The first-order valence-corrected chi connectivity index (χ1v) is 5.35. The molecule has 15 heavy (non-hydrogen) atoms. The Morgan fingerprint density at radius 2 is 2.27 bits per heavy atom. The van der Waals surface area contributed by atoms with Gasteiger partial charge in [0.1, 0.15) is 0 Å². The highest BCUT2D eigenvalue weighted by Crippen LogP contribution is 2.29. The van der Waals surface area contributed by atoms with Gasteiger partial charge in [0.15, 0.2) is 0 Å². The number of carbonyl (C=O) groups excluding carboxylic acids is 1. The molecule has 0 fully saturated rings. The lowest BCUT2D eigenvalue weighted by atomic mass is 10.2. The molecule has 0 atom stereocenters. The van der Waals surface area contributed by atoms with Gasteiger partial charge in [-0.3, -0.25) is 0 Å². The van der Waals surface area contributed by atoms with Gasteiger partial charge in [-0.25, -0.2) is 4.79 Å². The van der Waals surface area contributed by atoms with E-state index in [9.17, 15) is 4.79 Å². The summed E-state index contributed by atoms with van der Waals surface area (Å²) in [4.78, 5) is 14.4. The fourth-order valence-corrected chi connectivity index (χ4v) is 2.36. The minimum absolute atomic E-state index is 0.379. The first-order chi connectivity index (χ1) is 7.13.